The SMILES string of the molecule is COCCC(O)/C=C/c1ccccc1. The van der Waals surface area contributed by atoms with Crippen LogP contribution in [-0.2, 0) is 4.74 Å². The zero-order chi connectivity index (χ0) is 10.2. The maximum Gasteiger partial charge on any atom is 0.0746 e. The number of hydrogen-bond donors (Lipinski definition) is 1. The summed E-state index contributed by atoms with van der Waals surface area (Å²) in [4.78, 5) is 0. The molecule has 1 N–H and O–H groups in total. The largest absolute Gasteiger partial charge is 0.389 e. The Morgan fingerprint density at radius 2 is 2.07 bits per heavy atom. The summed E-state index contributed by atoms with van der Waals surface area (Å²) in [6, 6.07) is 9.92. The molecule has 14 heavy (non-hydrogen) atoms. The van der Waals surface area contributed by atoms with Crippen LogP contribution in [0.3, 0.4) is 0 Å². The first kappa shape index (κ1) is 11.0. The summed E-state index contributed by atoms with van der Waals surface area (Å²) in [6.07, 6.45) is 3.92. The van der Waals surface area contributed by atoms with Gasteiger partial charge in [0.1, 0.15) is 0 Å². The molecule has 0 saturated heterocycles. The van der Waals surface area contributed by atoms with Gasteiger partial charge in [-0.15, -0.1) is 0 Å². The van der Waals surface area contributed by atoms with E-state index in [0.717, 1.165) is 5.56 Å². The molecule has 1 atom stereocenters. The highest BCUT2D eigenvalue weighted by Gasteiger charge is 1.96. The van der Waals surface area contributed by atoms with Gasteiger partial charge in [0.2, 0.25) is 0 Å². The average Bonchev–Trinajstić information content (AvgIpc) is 2.25. The second kappa shape index (κ2) is 6.35. The minimum atomic E-state index is -0.421. The van der Waals surface area contributed by atoms with Gasteiger partial charge in [-0.25, -0.2) is 0 Å². The maximum atomic E-state index is 9.47. The molecule has 0 aliphatic heterocycles. The van der Waals surface area contributed by atoms with Gasteiger partial charge in [0.25, 0.3) is 0 Å². The van der Waals surface area contributed by atoms with Gasteiger partial charge in [0, 0.05) is 20.1 Å². The monoisotopic (exact) mass is 192 g/mol. The molecule has 2 heteroatoms. The van der Waals surface area contributed by atoms with Gasteiger partial charge >= 0.3 is 0 Å². The molecule has 0 amide bonds. The van der Waals surface area contributed by atoms with Gasteiger partial charge < -0.3 is 9.84 Å². The number of aliphatic hydroxyl groups excluding tert-OH is 1. The topological polar surface area (TPSA) is 29.5 Å². The van der Waals surface area contributed by atoms with Crippen LogP contribution in [0, 0.1) is 0 Å². The normalized spacial score (nSPS) is 13.3. The van der Waals surface area contributed by atoms with Crippen molar-refractivity contribution in [2.24, 2.45) is 0 Å². The van der Waals surface area contributed by atoms with E-state index in [2.05, 4.69) is 0 Å². The summed E-state index contributed by atoms with van der Waals surface area (Å²) in [5, 5.41) is 9.47. The third kappa shape index (κ3) is 4.21. The van der Waals surface area contributed by atoms with Crippen LogP contribution in [0.1, 0.15) is 12.0 Å². The van der Waals surface area contributed by atoms with E-state index < -0.39 is 6.10 Å². The van der Waals surface area contributed by atoms with Crippen LogP contribution in [0.25, 0.3) is 6.08 Å². The molecule has 0 fully saturated rings. The zero-order valence-corrected chi connectivity index (χ0v) is 8.39. The molecule has 0 heterocycles. The Hall–Kier alpha value is -1.12. The standard InChI is InChI=1S/C12H16O2/c1-14-10-9-12(13)8-7-11-5-3-2-4-6-11/h2-8,12-13H,9-10H2,1H3/b8-7+. The van der Waals surface area contributed by atoms with Crippen molar-refractivity contribution in [3.05, 3.63) is 42.0 Å². The van der Waals surface area contributed by atoms with Gasteiger partial charge in [-0.1, -0.05) is 42.5 Å². The van der Waals surface area contributed by atoms with Crippen LogP contribution >= 0.6 is 0 Å². The molecule has 1 unspecified atom stereocenters. The number of benzene rings is 1. The van der Waals surface area contributed by atoms with Gasteiger partial charge in [0.05, 0.1) is 6.10 Å². The fourth-order valence-electron chi connectivity index (χ4n) is 1.12. The molecule has 1 rings (SSSR count). The molecule has 0 spiro atoms. The van der Waals surface area contributed by atoms with Crippen molar-refractivity contribution >= 4 is 6.08 Å². The predicted octanol–water partition coefficient (Wildman–Crippen LogP) is 2.10. The highest BCUT2D eigenvalue weighted by Crippen LogP contribution is 2.03. The molecule has 0 aliphatic carbocycles. The molecule has 0 aromatic heterocycles. The summed E-state index contributed by atoms with van der Waals surface area (Å²) < 4.78 is 4.87. The Kier molecular flexibility index (Phi) is 4.97. The summed E-state index contributed by atoms with van der Waals surface area (Å²) >= 11 is 0. The summed E-state index contributed by atoms with van der Waals surface area (Å²) in [5.74, 6) is 0. The van der Waals surface area contributed by atoms with Crippen LogP contribution in [0.4, 0.5) is 0 Å². The minimum absolute atomic E-state index is 0.421. The molecule has 2 nitrogen and oxygen atoms in total. The molecule has 0 saturated carbocycles. The third-order valence-electron chi connectivity index (χ3n) is 1.93. The van der Waals surface area contributed by atoms with E-state index in [4.69, 9.17) is 4.74 Å². The van der Waals surface area contributed by atoms with Crippen molar-refractivity contribution in [1.29, 1.82) is 0 Å². The van der Waals surface area contributed by atoms with E-state index in [1.54, 1.807) is 13.2 Å². The van der Waals surface area contributed by atoms with Gasteiger partial charge in [0.15, 0.2) is 0 Å². The molecule has 0 radical (unpaired) electrons. The molecule has 0 bridgehead atoms. The van der Waals surface area contributed by atoms with E-state index >= 15 is 0 Å². The Morgan fingerprint density at radius 1 is 1.36 bits per heavy atom. The lowest BCUT2D eigenvalue weighted by atomic mass is 10.1. The first-order chi connectivity index (χ1) is 6.83. The smallest absolute Gasteiger partial charge is 0.0746 e. The molecular weight excluding hydrogens is 176 g/mol. The quantitative estimate of drug-likeness (QED) is 0.774. The minimum Gasteiger partial charge on any atom is -0.389 e. The second-order valence-electron chi connectivity index (χ2n) is 3.12. The van der Waals surface area contributed by atoms with Crippen LogP contribution < -0.4 is 0 Å². The lowest BCUT2D eigenvalue weighted by Gasteiger charge is -2.03. The Morgan fingerprint density at radius 3 is 2.71 bits per heavy atom. The molecule has 1 aromatic rings. The number of rotatable bonds is 5. The first-order valence-corrected chi connectivity index (χ1v) is 4.73. The number of aliphatic hydroxyl groups is 1. The van der Waals surface area contributed by atoms with Crippen molar-refractivity contribution in [1.82, 2.24) is 0 Å². The second-order valence-corrected chi connectivity index (χ2v) is 3.12. The zero-order valence-electron chi connectivity index (χ0n) is 8.39. The van der Waals surface area contributed by atoms with E-state index in [0.29, 0.717) is 13.0 Å². The van der Waals surface area contributed by atoms with Crippen molar-refractivity contribution < 1.29 is 9.84 Å². The molecule has 1 aromatic carbocycles. The Balaban J connectivity index is 2.39. The van der Waals surface area contributed by atoms with Crippen molar-refractivity contribution in [3.63, 3.8) is 0 Å². The highest BCUT2D eigenvalue weighted by atomic mass is 16.5. The Bertz CT molecular complexity index is 267. The van der Waals surface area contributed by atoms with Crippen LogP contribution in [-0.4, -0.2) is 24.9 Å². The van der Waals surface area contributed by atoms with Crippen LogP contribution in [0.2, 0.25) is 0 Å². The lowest BCUT2D eigenvalue weighted by molar-refractivity contribution is 0.136. The van der Waals surface area contributed by atoms with Crippen LogP contribution in [0.15, 0.2) is 36.4 Å². The van der Waals surface area contributed by atoms with Gasteiger partial charge in [-0.05, 0) is 5.56 Å². The van der Waals surface area contributed by atoms with E-state index in [1.165, 1.54) is 0 Å². The summed E-state index contributed by atoms with van der Waals surface area (Å²) in [6.45, 7) is 0.584. The van der Waals surface area contributed by atoms with Crippen molar-refractivity contribution in [2.75, 3.05) is 13.7 Å². The van der Waals surface area contributed by atoms with E-state index in [9.17, 15) is 5.11 Å². The Labute approximate surface area is 84.8 Å². The maximum absolute atomic E-state index is 9.47. The first-order valence-electron chi connectivity index (χ1n) is 4.73. The predicted molar refractivity (Wildman–Crippen MR) is 58.0 cm³/mol. The fraction of sp³-hybridized carbons (Fsp3) is 0.333. The van der Waals surface area contributed by atoms with Gasteiger partial charge in [-0.2, -0.15) is 0 Å². The summed E-state index contributed by atoms with van der Waals surface area (Å²) in [5.41, 5.74) is 1.10. The van der Waals surface area contributed by atoms with Crippen molar-refractivity contribution in [2.45, 2.75) is 12.5 Å². The average molecular weight is 192 g/mol. The fourth-order valence-corrected chi connectivity index (χ4v) is 1.12. The lowest BCUT2D eigenvalue weighted by Crippen LogP contribution is -2.05. The molecular formula is C12H16O2. The van der Waals surface area contributed by atoms with E-state index in [1.807, 2.05) is 36.4 Å². The van der Waals surface area contributed by atoms with Crippen molar-refractivity contribution in [3.8, 4) is 0 Å². The van der Waals surface area contributed by atoms with Crippen LogP contribution in [0.5, 0.6) is 0 Å². The molecule has 0 aliphatic rings. The molecule has 76 valence electrons. The highest BCUT2D eigenvalue weighted by molar-refractivity contribution is 5.49. The third-order valence-corrected chi connectivity index (χ3v) is 1.93. The van der Waals surface area contributed by atoms with Gasteiger partial charge in [-0.3, -0.25) is 0 Å². The number of methoxy groups -OCH3 is 1. The number of ether oxygens (including phenoxy) is 1. The summed E-state index contributed by atoms with van der Waals surface area (Å²) in [7, 11) is 1.63. The van der Waals surface area contributed by atoms with E-state index in [-0.39, 0.29) is 0 Å². The number of hydrogen-bond acceptors (Lipinski definition) is 2.